The van der Waals surface area contributed by atoms with Gasteiger partial charge in [0.05, 0.1) is 10.6 Å². The van der Waals surface area contributed by atoms with Crippen molar-refractivity contribution in [2.24, 2.45) is 0 Å². The molecule has 0 spiro atoms. The molecule has 0 saturated heterocycles. The van der Waals surface area contributed by atoms with Crippen LogP contribution < -0.4 is 9.62 Å². The van der Waals surface area contributed by atoms with Crippen molar-refractivity contribution in [3.63, 3.8) is 0 Å². The maximum absolute atomic E-state index is 14.1. The highest BCUT2D eigenvalue weighted by Gasteiger charge is 2.34. The summed E-state index contributed by atoms with van der Waals surface area (Å²) < 4.78 is 28.8. The van der Waals surface area contributed by atoms with Gasteiger partial charge in [-0.05, 0) is 76.4 Å². The Hall–Kier alpha value is -3.65. The highest BCUT2D eigenvalue weighted by molar-refractivity contribution is 7.92. The van der Waals surface area contributed by atoms with Crippen LogP contribution in [0.1, 0.15) is 50.8 Å². The van der Waals surface area contributed by atoms with Crippen LogP contribution in [-0.4, -0.2) is 43.3 Å². The van der Waals surface area contributed by atoms with E-state index in [1.54, 1.807) is 54.6 Å². The third-order valence-electron chi connectivity index (χ3n) is 6.42. The van der Waals surface area contributed by atoms with Gasteiger partial charge in [-0.15, -0.1) is 0 Å². The predicted octanol–water partition coefficient (Wildman–Crippen LogP) is 5.22. The number of carbonyl (C=O) groups excluding carboxylic acids is 2. The normalized spacial score (nSPS) is 12.5. The van der Waals surface area contributed by atoms with E-state index in [-0.39, 0.29) is 17.3 Å². The van der Waals surface area contributed by atoms with Gasteiger partial charge in [0.15, 0.2) is 0 Å². The molecule has 0 aliphatic rings. The van der Waals surface area contributed by atoms with E-state index in [1.165, 1.54) is 4.90 Å². The van der Waals surface area contributed by atoms with Gasteiger partial charge in [0, 0.05) is 12.1 Å². The molecule has 0 radical (unpaired) electrons. The number of benzene rings is 3. The second kappa shape index (κ2) is 12.5. The fourth-order valence-electron chi connectivity index (χ4n) is 4.30. The third-order valence-corrected chi connectivity index (χ3v) is 8.21. The third kappa shape index (κ3) is 7.69. The average Bonchev–Trinajstić information content (AvgIpc) is 2.87. The van der Waals surface area contributed by atoms with Gasteiger partial charge in [-0.25, -0.2) is 8.42 Å². The summed E-state index contributed by atoms with van der Waals surface area (Å²) in [6.45, 7) is 11.1. The number of nitrogens with zero attached hydrogens (tertiary/aromatic N) is 2. The number of hydrogen-bond acceptors (Lipinski definition) is 4. The summed E-state index contributed by atoms with van der Waals surface area (Å²) in [5.74, 6) is -0.742. The van der Waals surface area contributed by atoms with E-state index in [4.69, 9.17) is 0 Å². The van der Waals surface area contributed by atoms with Crippen molar-refractivity contribution in [1.82, 2.24) is 10.2 Å². The van der Waals surface area contributed by atoms with E-state index in [9.17, 15) is 18.0 Å². The van der Waals surface area contributed by atoms with E-state index in [0.29, 0.717) is 12.1 Å². The van der Waals surface area contributed by atoms with Crippen molar-refractivity contribution in [3.8, 4) is 0 Å². The molecule has 0 saturated carbocycles. The molecule has 3 aromatic carbocycles. The van der Waals surface area contributed by atoms with Crippen molar-refractivity contribution in [3.05, 3.63) is 95.6 Å². The average molecular weight is 550 g/mol. The van der Waals surface area contributed by atoms with Crippen molar-refractivity contribution in [2.75, 3.05) is 10.8 Å². The van der Waals surface area contributed by atoms with E-state index < -0.39 is 34.1 Å². The smallest absolute Gasteiger partial charge is 0.264 e. The summed E-state index contributed by atoms with van der Waals surface area (Å²) in [5, 5.41) is 2.99. The van der Waals surface area contributed by atoms with Crippen LogP contribution in [0.5, 0.6) is 0 Å². The molecule has 1 N–H and O–H groups in total. The molecule has 39 heavy (non-hydrogen) atoms. The van der Waals surface area contributed by atoms with Crippen LogP contribution >= 0.6 is 0 Å². The van der Waals surface area contributed by atoms with Gasteiger partial charge >= 0.3 is 0 Å². The zero-order valence-corrected chi connectivity index (χ0v) is 24.5. The van der Waals surface area contributed by atoms with Crippen molar-refractivity contribution < 1.29 is 18.0 Å². The van der Waals surface area contributed by atoms with E-state index in [1.807, 2.05) is 65.8 Å². The molecule has 3 rings (SSSR count). The number of amides is 2. The molecule has 0 bridgehead atoms. The molecular formula is C31H39N3O4S. The Morgan fingerprint density at radius 2 is 1.46 bits per heavy atom. The van der Waals surface area contributed by atoms with Gasteiger partial charge in [-0.1, -0.05) is 67.1 Å². The Kier molecular flexibility index (Phi) is 9.56. The quantitative estimate of drug-likeness (QED) is 0.376. The first kappa shape index (κ1) is 29.9. The van der Waals surface area contributed by atoms with E-state index in [2.05, 4.69) is 5.32 Å². The van der Waals surface area contributed by atoms with Crippen LogP contribution in [0.3, 0.4) is 0 Å². The van der Waals surface area contributed by atoms with Crippen LogP contribution in [0.2, 0.25) is 0 Å². The molecule has 0 heterocycles. The lowest BCUT2D eigenvalue weighted by molar-refractivity contribution is -0.141. The largest absolute Gasteiger partial charge is 0.350 e. The Bertz CT molecular complexity index is 1380. The number of anilines is 1. The lowest BCUT2D eigenvalue weighted by atomic mass is 10.0. The first-order chi connectivity index (χ1) is 18.3. The Balaban J connectivity index is 2.06. The van der Waals surface area contributed by atoms with Crippen LogP contribution in [0.4, 0.5) is 5.69 Å². The summed E-state index contributed by atoms with van der Waals surface area (Å²) in [7, 11) is -4.08. The summed E-state index contributed by atoms with van der Waals surface area (Å²) in [6.07, 6.45) is 0.371. The van der Waals surface area contributed by atoms with Crippen LogP contribution in [0.15, 0.2) is 83.8 Å². The Morgan fingerprint density at radius 1 is 0.872 bits per heavy atom. The second-order valence-corrected chi connectivity index (χ2v) is 12.6. The van der Waals surface area contributed by atoms with Gasteiger partial charge in [0.25, 0.3) is 10.0 Å². The maximum atomic E-state index is 14.1. The molecule has 3 aromatic rings. The molecule has 0 fully saturated rings. The predicted molar refractivity (Wildman–Crippen MR) is 156 cm³/mol. The van der Waals surface area contributed by atoms with Crippen LogP contribution in [0, 0.1) is 13.8 Å². The lowest BCUT2D eigenvalue weighted by Crippen LogP contribution is -2.55. The highest BCUT2D eigenvalue weighted by atomic mass is 32.2. The van der Waals surface area contributed by atoms with Crippen LogP contribution in [0.25, 0.3) is 0 Å². The number of aryl methyl sites for hydroxylation is 2. The number of rotatable bonds is 10. The molecule has 208 valence electrons. The van der Waals surface area contributed by atoms with Gasteiger partial charge in [0.2, 0.25) is 11.8 Å². The maximum Gasteiger partial charge on any atom is 0.264 e. The molecule has 0 aliphatic heterocycles. The second-order valence-electron chi connectivity index (χ2n) is 10.8. The number of nitrogens with one attached hydrogen (secondary N) is 1. The van der Waals surface area contributed by atoms with Crippen LogP contribution in [-0.2, 0) is 26.2 Å². The molecule has 0 aromatic heterocycles. The minimum atomic E-state index is -4.08. The molecule has 0 aliphatic carbocycles. The molecular weight excluding hydrogens is 510 g/mol. The van der Waals surface area contributed by atoms with Gasteiger partial charge in [-0.3, -0.25) is 13.9 Å². The fourth-order valence-corrected chi connectivity index (χ4v) is 5.72. The summed E-state index contributed by atoms with van der Waals surface area (Å²) >= 11 is 0. The summed E-state index contributed by atoms with van der Waals surface area (Å²) in [4.78, 5) is 29.1. The fraction of sp³-hybridized carbons (Fsp3) is 0.355. The SMILES string of the molecule is CCC(C(=O)NC(C)(C)C)N(Cc1ccccc1C)C(=O)CN(c1ccccc1)S(=O)(=O)c1ccc(C)cc1. The zero-order valence-electron chi connectivity index (χ0n) is 23.6. The zero-order chi connectivity index (χ0) is 28.8. The molecule has 7 nitrogen and oxygen atoms in total. The lowest BCUT2D eigenvalue weighted by Gasteiger charge is -2.35. The van der Waals surface area contributed by atoms with Crippen molar-refractivity contribution >= 4 is 27.5 Å². The molecule has 1 atom stereocenters. The Morgan fingerprint density at radius 3 is 2.03 bits per heavy atom. The monoisotopic (exact) mass is 549 g/mol. The first-order valence-corrected chi connectivity index (χ1v) is 14.6. The minimum Gasteiger partial charge on any atom is -0.350 e. The standard InChI is InChI=1S/C31H39N3O4S/c1-7-28(30(36)32-31(4,5)6)33(21-25-14-12-11-13-24(25)3)29(35)22-34(26-15-9-8-10-16-26)39(37,38)27-19-17-23(2)18-20-27/h8-20,28H,7,21-22H2,1-6H3,(H,32,36). The topological polar surface area (TPSA) is 86.8 Å². The summed E-state index contributed by atoms with van der Waals surface area (Å²) in [5.41, 5.74) is 2.67. The molecule has 2 amide bonds. The minimum absolute atomic E-state index is 0.0905. The van der Waals surface area contributed by atoms with Gasteiger partial charge < -0.3 is 10.2 Å². The van der Waals surface area contributed by atoms with Crippen molar-refractivity contribution in [1.29, 1.82) is 0 Å². The molecule has 1 unspecified atom stereocenters. The number of carbonyl (C=O) groups is 2. The van der Waals surface area contributed by atoms with Gasteiger partial charge in [-0.2, -0.15) is 0 Å². The summed E-state index contributed by atoms with van der Waals surface area (Å²) in [6, 6.07) is 22.0. The number of sulfonamides is 1. The highest BCUT2D eigenvalue weighted by Crippen LogP contribution is 2.25. The Labute approximate surface area is 232 Å². The van der Waals surface area contributed by atoms with Crippen molar-refractivity contribution in [2.45, 2.75) is 71.0 Å². The van der Waals surface area contributed by atoms with Gasteiger partial charge in [0.1, 0.15) is 12.6 Å². The molecule has 8 heteroatoms. The number of para-hydroxylation sites is 1. The van der Waals surface area contributed by atoms with E-state index in [0.717, 1.165) is 21.0 Å². The first-order valence-electron chi connectivity index (χ1n) is 13.1. The van der Waals surface area contributed by atoms with E-state index >= 15 is 0 Å². The number of hydrogen-bond donors (Lipinski definition) is 1.